The van der Waals surface area contributed by atoms with Crippen LogP contribution in [0.1, 0.15) is 38.2 Å². The van der Waals surface area contributed by atoms with Crippen molar-refractivity contribution in [3.63, 3.8) is 0 Å². The Hall–Kier alpha value is -0.410. The van der Waals surface area contributed by atoms with Gasteiger partial charge in [0, 0.05) is 22.6 Å². The number of hydrogen-bond donors (Lipinski definition) is 1. The third-order valence-corrected chi connectivity index (χ3v) is 4.05. The molecule has 0 spiro atoms. The predicted molar refractivity (Wildman–Crippen MR) is 72.4 cm³/mol. The minimum absolute atomic E-state index is 0.128. The lowest BCUT2D eigenvalue weighted by Gasteiger charge is -2.28. The van der Waals surface area contributed by atoms with E-state index in [1.807, 2.05) is 6.07 Å². The van der Waals surface area contributed by atoms with Crippen LogP contribution in [0.15, 0.2) is 22.7 Å². The molecule has 0 bridgehead atoms. The first-order valence-electron chi connectivity index (χ1n) is 6.32. The molecular formula is C14H19BrFN. The van der Waals surface area contributed by atoms with Gasteiger partial charge < -0.3 is 5.32 Å². The Bertz CT molecular complexity index is 376. The van der Waals surface area contributed by atoms with E-state index in [-0.39, 0.29) is 5.82 Å². The number of halogens is 2. The van der Waals surface area contributed by atoms with Crippen LogP contribution in [-0.2, 0) is 6.54 Å². The fourth-order valence-electron chi connectivity index (χ4n) is 2.27. The van der Waals surface area contributed by atoms with Crippen LogP contribution in [0, 0.1) is 11.7 Å². The number of benzene rings is 1. The van der Waals surface area contributed by atoms with Crippen LogP contribution in [0.4, 0.5) is 4.39 Å². The van der Waals surface area contributed by atoms with E-state index in [9.17, 15) is 4.39 Å². The second-order valence-corrected chi connectivity index (χ2v) is 5.97. The second-order valence-electron chi connectivity index (χ2n) is 5.05. The zero-order chi connectivity index (χ0) is 12.3. The normalized spacial score (nSPS) is 17.8. The molecule has 0 aliphatic heterocycles. The highest BCUT2D eigenvalue weighted by atomic mass is 79.9. The lowest BCUT2D eigenvalue weighted by Crippen LogP contribution is -2.30. The smallest absolute Gasteiger partial charge is 0.127 e. The largest absolute Gasteiger partial charge is 0.310 e. The van der Waals surface area contributed by atoms with E-state index in [0.29, 0.717) is 12.6 Å². The SMILES string of the molecule is CC(CC1CCC1)NCc1cc(Br)ccc1F. The van der Waals surface area contributed by atoms with Gasteiger partial charge in [-0.05, 0) is 37.5 Å². The monoisotopic (exact) mass is 299 g/mol. The molecule has 3 heteroatoms. The van der Waals surface area contributed by atoms with Crippen molar-refractivity contribution in [3.05, 3.63) is 34.1 Å². The first kappa shape index (κ1) is 13.0. The zero-order valence-corrected chi connectivity index (χ0v) is 11.8. The fourth-order valence-corrected chi connectivity index (χ4v) is 2.68. The summed E-state index contributed by atoms with van der Waals surface area (Å²) in [5.41, 5.74) is 0.736. The molecule has 1 aromatic carbocycles. The van der Waals surface area contributed by atoms with Crippen molar-refractivity contribution in [2.75, 3.05) is 0 Å². The first-order valence-corrected chi connectivity index (χ1v) is 7.12. The second kappa shape index (κ2) is 5.96. The van der Waals surface area contributed by atoms with Crippen LogP contribution < -0.4 is 5.32 Å². The third-order valence-electron chi connectivity index (χ3n) is 3.56. The van der Waals surface area contributed by atoms with Gasteiger partial charge >= 0.3 is 0 Å². The minimum atomic E-state index is -0.128. The Balaban J connectivity index is 1.81. The molecule has 0 heterocycles. The van der Waals surface area contributed by atoms with Gasteiger partial charge in [0.15, 0.2) is 0 Å². The van der Waals surface area contributed by atoms with Crippen LogP contribution in [-0.4, -0.2) is 6.04 Å². The Labute approximate surface area is 111 Å². The molecule has 1 N–H and O–H groups in total. The van der Waals surface area contributed by atoms with E-state index in [1.54, 1.807) is 6.07 Å². The van der Waals surface area contributed by atoms with Gasteiger partial charge in [0.25, 0.3) is 0 Å². The van der Waals surface area contributed by atoms with E-state index in [4.69, 9.17) is 0 Å². The number of hydrogen-bond acceptors (Lipinski definition) is 1. The summed E-state index contributed by atoms with van der Waals surface area (Å²) in [5, 5.41) is 3.41. The summed E-state index contributed by atoms with van der Waals surface area (Å²) < 4.78 is 14.4. The summed E-state index contributed by atoms with van der Waals surface area (Å²) in [6.07, 6.45) is 5.35. The van der Waals surface area contributed by atoms with Crippen LogP contribution in [0.25, 0.3) is 0 Å². The maximum atomic E-state index is 13.5. The molecule has 94 valence electrons. The highest BCUT2D eigenvalue weighted by Gasteiger charge is 2.19. The highest BCUT2D eigenvalue weighted by Crippen LogP contribution is 2.30. The summed E-state index contributed by atoms with van der Waals surface area (Å²) in [4.78, 5) is 0. The van der Waals surface area contributed by atoms with Crippen LogP contribution in [0.3, 0.4) is 0 Å². The molecule has 1 aromatic rings. The molecule has 1 nitrogen and oxygen atoms in total. The van der Waals surface area contributed by atoms with Crippen molar-refractivity contribution in [1.29, 1.82) is 0 Å². The van der Waals surface area contributed by atoms with Gasteiger partial charge in [-0.3, -0.25) is 0 Å². The van der Waals surface area contributed by atoms with Gasteiger partial charge in [-0.25, -0.2) is 4.39 Å². The van der Waals surface area contributed by atoms with Gasteiger partial charge in [0.2, 0.25) is 0 Å². The van der Waals surface area contributed by atoms with E-state index >= 15 is 0 Å². The summed E-state index contributed by atoms with van der Waals surface area (Å²) >= 11 is 3.37. The molecule has 17 heavy (non-hydrogen) atoms. The van der Waals surface area contributed by atoms with E-state index in [2.05, 4.69) is 28.2 Å². The molecule has 0 amide bonds. The molecule has 1 unspecified atom stereocenters. The minimum Gasteiger partial charge on any atom is -0.310 e. The van der Waals surface area contributed by atoms with Gasteiger partial charge in [-0.1, -0.05) is 35.2 Å². The molecule has 1 aliphatic rings. The Kier molecular flexibility index (Phi) is 4.57. The Morgan fingerprint density at radius 3 is 2.88 bits per heavy atom. The van der Waals surface area contributed by atoms with Crippen molar-refractivity contribution < 1.29 is 4.39 Å². The van der Waals surface area contributed by atoms with Crippen LogP contribution in [0.5, 0.6) is 0 Å². The molecule has 0 radical (unpaired) electrons. The van der Waals surface area contributed by atoms with Crippen molar-refractivity contribution in [2.24, 2.45) is 5.92 Å². The zero-order valence-electron chi connectivity index (χ0n) is 10.2. The molecule has 1 saturated carbocycles. The summed E-state index contributed by atoms with van der Waals surface area (Å²) in [6, 6.07) is 5.56. The van der Waals surface area contributed by atoms with E-state index < -0.39 is 0 Å². The average Bonchev–Trinajstić information content (AvgIpc) is 2.25. The maximum absolute atomic E-state index is 13.5. The lowest BCUT2D eigenvalue weighted by molar-refractivity contribution is 0.265. The Morgan fingerprint density at radius 2 is 2.24 bits per heavy atom. The summed E-state index contributed by atoms with van der Waals surface area (Å²) in [7, 11) is 0. The third kappa shape index (κ3) is 3.78. The van der Waals surface area contributed by atoms with Crippen LogP contribution in [0.2, 0.25) is 0 Å². The van der Waals surface area contributed by atoms with Crippen molar-refractivity contribution >= 4 is 15.9 Å². The van der Waals surface area contributed by atoms with Gasteiger partial charge in [-0.2, -0.15) is 0 Å². The molecule has 1 fully saturated rings. The van der Waals surface area contributed by atoms with Gasteiger partial charge in [0.1, 0.15) is 5.82 Å². The fraction of sp³-hybridized carbons (Fsp3) is 0.571. The van der Waals surface area contributed by atoms with Crippen LogP contribution >= 0.6 is 15.9 Å². The number of rotatable bonds is 5. The molecule has 2 rings (SSSR count). The topological polar surface area (TPSA) is 12.0 Å². The Morgan fingerprint density at radius 1 is 1.47 bits per heavy atom. The summed E-state index contributed by atoms with van der Waals surface area (Å²) in [5.74, 6) is 0.765. The van der Waals surface area contributed by atoms with Crippen molar-refractivity contribution in [2.45, 2.75) is 45.2 Å². The molecular weight excluding hydrogens is 281 g/mol. The first-order chi connectivity index (χ1) is 8.15. The standard InChI is InChI=1S/C14H19BrFN/c1-10(7-11-3-2-4-11)17-9-12-8-13(15)5-6-14(12)16/h5-6,8,10-11,17H,2-4,7,9H2,1H3. The average molecular weight is 300 g/mol. The molecule has 0 saturated heterocycles. The van der Waals surface area contributed by atoms with Gasteiger partial charge in [0.05, 0.1) is 0 Å². The molecule has 0 aromatic heterocycles. The maximum Gasteiger partial charge on any atom is 0.127 e. The lowest BCUT2D eigenvalue weighted by atomic mass is 9.81. The quantitative estimate of drug-likeness (QED) is 0.857. The summed E-state index contributed by atoms with van der Waals surface area (Å²) in [6.45, 7) is 2.80. The van der Waals surface area contributed by atoms with Crippen molar-refractivity contribution in [3.8, 4) is 0 Å². The predicted octanol–water partition coefficient (Wildman–Crippen LogP) is 4.26. The van der Waals surface area contributed by atoms with E-state index in [0.717, 1.165) is 16.0 Å². The van der Waals surface area contributed by atoms with E-state index in [1.165, 1.54) is 31.7 Å². The number of nitrogens with one attached hydrogen (secondary N) is 1. The molecule has 1 aliphatic carbocycles. The van der Waals surface area contributed by atoms with Crippen molar-refractivity contribution in [1.82, 2.24) is 5.32 Å². The van der Waals surface area contributed by atoms with Gasteiger partial charge in [-0.15, -0.1) is 0 Å². The highest BCUT2D eigenvalue weighted by molar-refractivity contribution is 9.10. The molecule has 1 atom stereocenters.